The predicted molar refractivity (Wildman–Crippen MR) is 70.4 cm³/mol. The molecule has 108 valence electrons. The van der Waals surface area contributed by atoms with Crippen LogP contribution in [0.2, 0.25) is 0 Å². The molecule has 1 saturated heterocycles. The maximum absolute atomic E-state index is 11.9. The van der Waals surface area contributed by atoms with Crippen LogP contribution in [-0.4, -0.2) is 46.6 Å². The van der Waals surface area contributed by atoms with Crippen LogP contribution >= 0.6 is 0 Å². The Kier molecular flexibility index (Phi) is 4.52. The first kappa shape index (κ1) is 14.3. The second-order valence-electron chi connectivity index (χ2n) is 4.68. The fraction of sp³-hybridized carbons (Fsp3) is 0.462. The van der Waals surface area contributed by atoms with Gasteiger partial charge >= 0.3 is 0 Å². The summed E-state index contributed by atoms with van der Waals surface area (Å²) in [4.78, 5) is 23.4. The fourth-order valence-electron chi connectivity index (χ4n) is 2.08. The average Bonchev–Trinajstić information content (AvgIpc) is 2.45. The highest BCUT2D eigenvalue weighted by Gasteiger charge is 2.22. The van der Waals surface area contributed by atoms with Crippen molar-refractivity contribution in [2.45, 2.75) is 18.9 Å². The molecule has 0 aliphatic carbocycles. The second-order valence-corrected chi connectivity index (χ2v) is 4.68. The van der Waals surface area contributed by atoms with Crippen LogP contribution < -0.4 is 4.74 Å². The first-order valence-electron chi connectivity index (χ1n) is 6.39. The van der Waals surface area contributed by atoms with Gasteiger partial charge in [0.05, 0.1) is 11.0 Å². The van der Waals surface area contributed by atoms with E-state index in [-0.39, 0.29) is 18.2 Å². The number of carbonyl (C=O) groups excluding carboxylic acids is 1. The Balaban J connectivity index is 1.85. The van der Waals surface area contributed by atoms with Crippen LogP contribution in [0, 0.1) is 10.1 Å². The van der Waals surface area contributed by atoms with Crippen molar-refractivity contribution in [2.24, 2.45) is 0 Å². The Morgan fingerprint density at radius 3 is 2.75 bits per heavy atom. The van der Waals surface area contributed by atoms with Crippen molar-refractivity contribution in [1.29, 1.82) is 0 Å². The van der Waals surface area contributed by atoms with Gasteiger partial charge in [-0.15, -0.1) is 0 Å². The van der Waals surface area contributed by atoms with Gasteiger partial charge in [-0.2, -0.15) is 0 Å². The molecule has 1 N–H and O–H groups in total. The van der Waals surface area contributed by atoms with Crippen molar-refractivity contribution in [3.8, 4) is 5.75 Å². The van der Waals surface area contributed by atoms with Crippen LogP contribution in [0.15, 0.2) is 24.3 Å². The van der Waals surface area contributed by atoms with E-state index in [1.165, 1.54) is 24.3 Å². The maximum Gasteiger partial charge on any atom is 0.269 e. The highest BCUT2D eigenvalue weighted by Crippen LogP contribution is 2.17. The number of amides is 1. The number of hydrogen-bond acceptors (Lipinski definition) is 5. The van der Waals surface area contributed by atoms with Crippen LogP contribution in [0.3, 0.4) is 0 Å². The summed E-state index contributed by atoms with van der Waals surface area (Å²) in [6, 6.07) is 5.56. The number of carbonyl (C=O) groups is 1. The molecule has 1 fully saturated rings. The molecule has 0 radical (unpaired) electrons. The summed E-state index contributed by atoms with van der Waals surface area (Å²) in [5, 5.41) is 20.0. The largest absolute Gasteiger partial charge is 0.484 e. The summed E-state index contributed by atoms with van der Waals surface area (Å²) < 4.78 is 5.30. The van der Waals surface area contributed by atoms with Crippen molar-refractivity contribution in [1.82, 2.24) is 4.90 Å². The van der Waals surface area contributed by atoms with Gasteiger partial charge in [-0.3, -0.25) is 14.9 Å². The molecule has 0 saturated carbocycles. The number of β-amino-alcohol motifs (C(OH)–C–C–N with tert-alkyl or cyclic N) is 1. The minimum Gasteiger partial charge on any atom is -0.484 e. The first-order chi connectivity index (χ1) is 9.56. The number of benzene rings is 1. The third kappa shape index (κ3) is 3.67. The van der Waals surface area contributed by atoms with Gasteiger partial charge in [0.1, 0.15) is 5.75 Å². The Bertz CT molecular complexity index is 488. The number of rotatable bonds is 4. The monoisotopic (exact) mass is 280 g/mol. The summed E-state index contributed by atoms with van der Waals surface area (Å²) in [5.74, 6) is 0.212. The lowest BCUT2D eigenvalue weighted by molar-refractivity contribution is -0.384. The van der Waals surface area contributed by atoms with Crippen LogP contribution in [-0.2, 0) is 4.79 Å². The predicted octanol–water partition coefficient (Wildman–Crippen LogP) is 0.957. The number of ether oxygens (including phenoxy) is 1. The van der Waals surface area contributed by atoms with Gasteiger partial charge in [-0.1, -0.05) is 0 Å². The zero-order chi connectivity index (χ0) is 14.5. The number of likely N-dealkylation sites (tertiary alicyclic amines) is 1. The second kappa shape index (κ2) is 6.33. The summed E-state index contributed by atoms with van der Waals surface area (Å²) >= 11 is 0. The number of nitro benzene ring substituents is 1. The Hall–Kier alpha value is -2.15. The topological polar surface area (TPSA) is 92.9 Å². The summed E-state index contributed by atoms with van der Waals surface area (Å²) in [6.07, 6.45) is 1.03. The standard InChI is InChI=1S/C13H16N2O5/c16-11-2-1-7-14(8-11)13(17)9-20-12-5-3-10(4-6-12)15(18)19/h3-6,11,16H,1-2,7-9H2. The molecule has 7 nitrogen and oxygen atoms in total. The average molecular weight is 280 g/mol. The number of hydrogen-bond donors (Lipinski definition) is 1. The Labute approximate surface area is 115 Å². The van der Waals surface area contributed by atoms with Gasteiger partial charge in [0.2, 0.25) is 0 Å². The molecule has 1 aliphatic rings. The lowest BCUT2D eigenvalue weighted by atomic mass is 10.1. The normalized spacial score (nSPS) is 18.6. The molecule has 0 bridgehead atoms. The molecule has 1 aromatic carbocycles. The molecule has 0 spiro atoms. The first-order valence-corrected chi connectivity index (χ1v) is 6.39. The number of piperidine rings is 1. The van der Waals surface area contributed by atoms with E-state index in [1.54, 1.807) is 4.90 Å². The molecule has 1 amide bonds. The van der Waals surface area contributed by atoms with E-state index < -0.39 is 11.0 Å². The van der Waals surface area contributed by atoms with Gasteiger partial charge in [0, 0.05) is 25.2 Å². The minimum atomic E-state index is -0.496. The van der Waals surface area contributed by atoms with Gasteiger partial charge in [0.25, 0.3) is 11.6 Å². The summed E-state index contributed by atoms with van der Waals surface area (Å²) in [6.45, 7) is 0.826. The number of aliphatic hydroxyl groups is 1. The van der Waals surface area contributed by atoms with E-state index in [4.69, 9.17) is 4.74 Å². The number of nitrogens with zero attached hydrogens (tertiary/aromatic N) is 2. The van der Waals surface area contributed by atoms with Gasteiger partial charge in [-0.05, 0) is 25.0 Å². The SMILES string of the molecule is O=C(COc1ccc([N+](=O)[O-])cc1)N1CCCC(O)C1. The lowest BCUT2D eigenvalue weighted by Crippen LogP contribution is -2.44. The number of non-ortho nitro benzene ring substituents is 1. The zero-order valence-electron chi connectivity index (χ0n) is 10.9. The molecule has 0 aromatic heterocycles. The van der Waals surface area contributed by atoms with Crippen LogP contribution in [0.1, 0.15) is 12.8 Å². The fourth-order valence-corrected chi connectivity index (χ4v) is 2.08. The molecule has 2 rings (SSSR count). The van der Waals surface area contributed by atoms with E-state index in [9.17, 15) is 20.0 Å². The van der Waals surface area contributed by atoms with Crippen LogP contribution in [0.4, 0.5) is 5.69 Å². The molecule has 1 aliphatic heterocycles. The summed E-state index contributed by atoms with van der Waals surface area (Å²) in [5.41, 5.74) is -0.0252. The Morgan fingerprint density at radius 1 is 1.45 bits per heavy atom. The van der Waals surface area contributed by atoms with Gasteiger partial charge < -0.3 is 14.7 Å². The Morgan fingerprint density at radius 2 is 2.15 bits per heavy atom. The van der Waals surface area contributed by atoms with Crippen LogP contribution in [0.5, 0.6) is 5.75 Å². The highest BCUT2D eigenvalue weighted by atomic mass is 16.6. The van der Waals surface area contributed by atoms with Gasteiger partial charge in [-0.25, -0.2) is 0 Å². The number of aliphatic hydroxyl groups excluding tert-OH is 1. The zero-order valence-corrected chi connectivity index (χ0v) is 10.9. The van der Waals surface area contributed by atoms with Crippen molar-refractivity contribution in [3.63, 3.8) is 0 Å². The number of nitro groups is 1. The van der Waals surface area contributed by atoms with Crippen molar-refractivity contribution in [2.75, 3.05) is 19.7 Å². The quantitative estimate of drug-likeness (QED) is 0.655. The van der Waals surface area contributed by atoms with E-state index in [0.717, 1.165) is 6.42 Å². The maximum atomic E-state index is 11.9. The molecule has 1 unspecified atom stereocenters. The smallest absolute Gasteiger partial charge is 0.269 e. The van der Waals surface area contributed by atoms with E-state index in [2.05, 4.69) is 0 Å². The third-order valence-corrected chi connectivity index (χ3v) is 3.16. The third-order valence-electron chi connectivity index (χ3n) is 3.16. The molecular formula is C13H16N2O5. The molecule has 1 atom stereocenters. The van der Waals surface area contributed by atoms with Crippen molar-refractivity contribution >= 4 is 11.6 Å². The van der Waals surface area contributed by atoms with E-state index in [0.29, 0.717) is 25.3 Å². The molecular weight excluding hydrogens is 264 g/mol. The van der Waals surface area contributed by atoms with Gasteiger partial charge in [0.15, 0.2) is 6.61 Å². The van der Waals surface area contributed by atoms with E-state index in [1.807, 2.05) is 0 Å². The molecule has 20 heavy (non-hydrogen) atoms. The lowest BCUT2D eigenvalue weighted by Gasteiger charge is -2.29. The van der Waals surface area contributed by atoms with E-state index >= 15 is 0 Å². The highest BCUT2D eigenvalue weighted by molar-refractivity contribution is 5.77. The minimum absolute atomic E-state index is 0.0252. The van der Waals surface area contributed by atoms with Crippen LogP contribution in [0.25, 0.3) is 0 Å². The summed E-state index contributed by atoms with van der Waals surface area (Å²) in [7, 11) is 0. The molecule has 1 heterocycles. The molecule has 1 aromatic rings. The van der Waals surface area contributed by atoms with Crippen molar-refractivity contribution in [3.05, 3.63) is 34.4 Å². The van der Waals surface area contributed by atoms with Crippen molar-refractivity contribution < 1.29 is 19.6 Å². The molecule has 7 heteroatoms.